The molecule has 0 aromatic heterocycles. The van der Waals surface area contributed by atoms with Crippen LogP contribution in [0.5, 0.6) is 0 Å². The second kappa shape index (κ2) is 7.85. The van der Waals surface area contributed by atoms with Crippen LogP contribution in [0.3, 0.4) is 0 Å². The van der Waals surface area contributed by atoms with E-state index in [-0.39, 0.29) is 11.6 Å². The van der Waals surface area contributed by atoms with E-state index in [4.69, 9.17) is 15.7 Å². The Hall–Kier alpha value is -2.99. The van der Waals surface area contributed by atoms with Crippen LogP contribution in [0.25, 0.3) is 22.3 Å². The molecule has 0 amide bonds. The average molecular weight is 408 g/mol. The molecule has 0 nitrogen and oxygen atoms in total. The molecule has 0 saturated carbocycles. The van der Waals surface area contributed by atoms with Crippen molar-refractivity contribution in [3.63, 3.8) is 0 Å². The van der Waals surface area contributed by atoms with Gasteiger partial charge in [-0.25, -0.2) is 0 Å². The Kier molecular flexibility index (Phi) is 5.13. The molecule has 0 bridgehead atoms. The molecular formula is C30H26B2. The lowest BCUT2D eigenvalue weighted by molar-refractivity contribution is 1.19. The summed E-state index contributed by atoms with van der Waals surface area (Å²) in [5.41, 5.74) is 15.7. The Bertz CT molecular complexity index is 1300. The van der Waals surface area contributed by atoms with Gasteiger partial charge in [-0.1, -0.05) is 78.4 Å². The maximum Gasteiger partial charge on any atom is 0.0828 e. The fourth-order valence-electron chi connectivity index (χ4n) is 5.39. The van der Waals surface area contributed by atoms with Crippen LogP contribution in [0.2, 0.25) is 0 Å². The van der Waals surface area contributed by atoms with Crippen molar-refractivity contribution >= 4 is 15.7 Å². The molecule has 0 aliphatic heterocycles. The third-order valence-electron chi connectivity index (χ3n) is 6.98. The number of hydrogen-bond acceptors (Lipinski definition) is 0. The summed E-state index contributed by atoms with van der Waals surface area (Å²) in [6, 6.07) is 25.7. The van der Waals surface area contributed by atoms with Crippen LogP contribution >= 0.6 is 0 Å². The molecule has 0 spiro atoms. The maximum absolute atomic E-state index is 6.30. The topological polar surface area (TPSA) is 0 Å². The van der Waals surface area contributed by atoms with E-state index < -0.39 is 0 Å². The molecule has 2 heteroatoms. The first-order valence-electron chi connectivity index (χ1n) is 11.3. The van der Waals surface area contributed by atoms with Gasteiger partial charge in [0.1, 0.15) is 0 Å². The molecular weight excluding hydrogens is 382 g/mol. The fourth-order valence-corrected chi connectivity index (χ4v) is 5.39. The van der Waals surface area contributed by atoms with Gasteiger partial charge in [-0.15, -0.1) is 0 Å². The SMILES string of the molecule is [B]C1c2ccc(C)cc2-c2c(C)cccc21.[B]C1c2cccc(C)c2-c2c(C)cccc21. The third-order valence-corrected chi connectivity index (χ3v) is 6.98. The summed E-state index contributed by atoms with van der Waals surface area (Å²) in [5, 5.41) is 0. The van der Waals surface area contributed by atoms with Crippen LogP contribution in [0.4, 0.5) is 0 Å². The molecule has 152 valence electrons. The van der Waals surface area contributed by atoms with Crippen LogP contribution in [-0.4, -0.2) is 15.7 Å². The molecule has 2 aliphatic carbocycles. The minimum Gasteiger partial charge on any atom is -0.0617 e. The predicted molar refractivity (Wildman–Crippen MR) is 138 cm³/mol. The van der Waals surface area contributed by atoms with Gasteiger partial charge in [-0.05, 0) is 101 Å². The van der Waals surface area contributed by atoms with Gasteiger partial charge >= 0.3 is 0 Å². The van der Waals surface area contributed by atoms with E-state index in [1.807, 2.05) is 0 Å². The Balaban J connectivity index is 0.000000135. The Labute approximate surface area is 194 Å². The zero-order chi connectivity index (χ0) is 22.6. The van der Waals surface area contributed by atoms with Gasteiger partial charge in [0.05, 0.1) is 15.7 Å². The summed E-state index contributed by atoms with van der Waals surface area (Å²) in [5.74, 6) is 0.0929. The molecule has 0 heterocycles. The second-order valence-electron chi connectivity index (χ2n) is 9.16. The summed E-state index contributed by atoms with van der Waals surface area (Å²) < 4.78 is 0. The summed E-state index contributed by atoms with van der Waals surface area (Å²) in [6.07, 6.45) is 0. The molecule has 6 rings (SSSR count). The minimum atomic E-state index is 0.0461. The largest absolute Gasteiger partial charge is 0.0828 e. The first-order chi connectivity index (χ1) is 15.4. The van der Waals surface area contributed by atoms with Crippen molar-refractivity contribution in [3.8, 4) is 22.3 Å². The Morgan fingerprint density at radius 2 is 0.938 bits per heavy atom. The average Bonchev–Trinajstić information content (AvgIpc) is 3.23. The molecule has 0 N–H and O–H groups in total. The Morgan fingerprint density at radius 3 is 1.47 bits per heavy atom. The normalized spacial score (nSPS) is 15.3. The van der Waals surface area contributed by atoms with Crippen molar-refractivity contribution in [2.24, 2.45) is 0 Å². The van der Waals surface area contributed by atoms with Crippen LogP contribution in [0.1, 0.15) is 56.1 Å². The lowest BCUT2D eigenvalue weighted by Gasteiger charge is -2.07. The molecule has 4 aromatic carbocycles. The van der Waals surface area contributed by atoms with E-state index >= 15 is 0 Å². The lowest BCUT2D eigenvalue weighted by Crippen LogP contribution is -1.94. The van der Waals surface area contributed by atoms with Gasteiger partial charge in [-0.2, -0.15) is 0 Å². The zero-order valence-corrected chi connectivity index (χ0v) is 19.2. The molecule has 0 saturated heterocycles. The number of aryl methyl sites for hydroxylation is 4. The maximum atomic E-state index is 6.30. The highest BCUT2D eigenvalue weighted by molar-refractivity contribution is 6.18. The van der Waals surface area contributed by atoms with Crippen molar-refractivity contribution in [1.82, 2.24) is 0 Å². The van der Waals surface area contributed by atoms with E-state index in [9.17, 15) is 0 Å². The van der Waals surface area contributed by atoms with Gasteiger partial charge in [-0.3, -0.25) is 0 Å². The van der Waals surface area contributed by atoms with E-state index in [2.05, 4.69) is 100 Å². The number of rotatable bonds is 0. The molecule has 4 radical (unpaired) electrons. The third kappa shape index (κ3) is 3.16. The first kappa shape index (κ1) is 20.9. The molecule has 4 aromatic rings. The predicted octanol–water partition coefficient (Wildman–Crippen LogP) is 7.08. The minimum absolute atomic E-state index is 0.0461. The standard InChI is InChI=1S/2C15H13B/c1-9-5-3-7-11-13(9)14-10(2)6-4-8-12(14)15(11)16;1-9-6-7-11-13(8-9)14-10(2)4-3-5-12(14)15(11)16/h2*3-8,15H,1-2H3. The summed E-state index contributed by atoms with van der Waals surface area (Å²) >= 11 is 0. The van der Waals surface area contributed by atoms with Gasteiger partial charge in [0.25, 0.3) is 0 Å². The summed E-state index contributed by atoms with van der Waals surface area (Å²) in [7, 11) is 12.6. The molecule has 2 aliphatic rings. The van der Waals surface area contributed by atoms with E-state index in [0.717, 1.165) is 0 Å². The van der Waals surface area contributed by atoms with Crippen molar-refractivity contribution in [2.45, 2.75) is 39.3 Å². The van der Waals surface area contributed by atoms with Gasteiger partial charge in [0, 0.05) is 0 Å². The van der Waals surface area contributed by atoms with Crippen LogP contribution in [-0.2, 0) is 0 Å². The van der Waals surface area contributed by atoms with Crippen molar-refractivity contribution < 1.29 is 0 Å². The summed E-state index contributed by atoms with van der Waals surface area (Å²) in [6.45, 7) is 8.60. The zero-order valence-electron chi connectivity index (χ0n) is 19.2. The van der Waals surface area contributed by atoms with E-state index in [1.54, 1.807) is 0 Å². The van der Waals surface area contributed by atoms with Crippen LogP contribution < -0.4 is 0 Å². The number of hydrogen-bond donors (Lipinski definition) is 0. The van der Waals surface area contributed by atoms with Gasteiger partial charge < -0.3 is 0 Å². The molecule has 1 unspecified atom stereocenters. The number of benzene rings is 4. The van der Waals surface area contributed by atoms with E-state index in [0.29, 0.717) is 0 Å². The van der Waals surface area contributed by atoms with Gasteiger partial charge in [0.15, 0.2) is 0 Å². The highest BCUT2D eigenvalue weighted by atomic mass is 14.3. The molecule has 1 atom stereocenters. The highest BCUT2D eigenvalue weighted by Gasteiger charge is 2.27. The smallest absolute Gasteiger partial charge is 0.0617 e. The first-order valence-corrected chi connectivity index (χ1v) is 11.3. The van der Waals surface area contributed by atoms with Crippen molar-refractivity contribution in [3.05, 3.63) is 117 Å². The van der Waals surface area contributed by atoms with Crippen LogP contribution in [0, 0.1) is 27.7 Å². The van der Waals surface area contributed by atoms with Gasteiger partial charge in [0.2, 0.25) is 0 Å². The molecule has 32 heavy (non-hydrogen) atoms. The lowest BCUT2D eigenvalue weighted by atomic mass is 9.79. The molecule has 0 fully saturated rings. The summed E-state index contributed by atoms with van der Waals surface area (Å²) in [4.78, 5) is 0. The number of fused-ring (bicyclic) bond motifs is 6. The van der Waals surface area contributed by atoms with Crippen LogP contribution in [0.15, 0.2) is 72.8 Å². The van der Waals surface area contributed by atoms with Crippen molar-refractivity contribution in [1.29, 1.82) is 0 Å². The second-order valence-corrected chi connectivity index (χ2v) is 9.16. The quantitative estimate of drug-likeness (QED) is 0.273. The van der Waals surface area contributed by atoms with E-state index in [1.165, 1.54) is 66.8 Å². The van der Waals surface area contributed by atoms with Crippen molar-refractivity contribution in [2.75, 3.05) is 0 Å². The monoisotopic (exact) mass is 408 g/mol. The highest BCUT2D eigenvalue weighted by Crippen LogP contribution is 2.46. The fraction of sp³-hybridized carbons (Fsp3) is 0.200. The Morgan fingerprint density at radius 1 is 0.500 bits per heavy atom.